The lowest BCUT2D eigenvalue weighted by atomic mass is 9.82. The van der Waals surface area contributed by atoms with Crippen LogP contribution < -0.4 is 9.80 Å². The van der Waals surface area contributed by atoms with Crippen molar-refractivity contribution < 1.29 is 0 Å². The van der Waals surface area contributed by atoms with Crippen molar-refractivity contribution in [1.29, 1.82) is 0 Å². The van der Waals surface area contributed by atoms with Crippen molar-refractivity contribution in [2.45, 2.75) is 34.2 Å². The van der Waals surface area contributed by atoms with Gasteiger partial charge in [-0.2, -0.15) is 11.8 Å². The number of fused-ring (bicyclic) bond motifs is 1. The highest BCUT2D eigenvalue weighted by atomic mass is 32.2. The predicted molar refractivity (Wildman–Crippen MR) is 227 cm³/mol. The minimum absolute atomic E-state index is 0.885. The number of hydrogen-bond acceptors (Lipinski definition) is 3. The van der Waals surface area contributed by atoms with Crippen LogP contribution in [0.1, 0.15) is 41.7 Å². The highest BCUT2D eigenvalue weighted by molar-refractivity contribution is 7.98. The fourth-order valence-corrected chi connectivity index (χ4v) is 7.78. The van der Waals surface area contributed by atoms with Gasteiger partial charge in [0, 0.05) is 42.3 Å². The molecule has 0 amide bonds. The van der Waals surface area contributed by atoms with E-state index in [0.717, 1.165) is 25.4 Å². The summed E-state index contributed by atoms with van der Waals surface area (Å²) in [4.78, 5) is 4.76. The van der Waals surface area contributed by atoms with Crippen LogP contribution in [-0.2, 0) is 6.54 Å². The monoisotopic (exact) mass is 698 g/mol. The van der Waals surface area contributed by atoms with E-state index in [9.17, 15) is 0 Å². The van der Waals surface area contributed by atoms with E-state index >= 15 is 0 Å². The highest BCUT2D eigenvalue weighted by Crippen LogP contribution is 2.44. The fraction of sp³-hybridized carbons (Fsp3) is 0.188. The quantitative estimate of drug-likeness (QED) is 0.111. The summed E-state index contributed by atoms with van der Waals surface area (Å²) in [5, 5.41) is 1.27. The van der Waals surface area contributed by atoms with E-state index in [1.807, 2.05) is 11.8 Å². The van der Waals surface area contributed by atoms with Gasteiger partial charge in [0.25, 0.3) is 0 Å². The zero-order valence-corrected chi connectivity index (χ0v) is 31.8. The third-order valence-corrected chi connectivity index (χ3v) is 10.6. The largest absolute Gasteiger partial charge is 0.341 e. The van der Waals surface area contributed by atoms with Crippen LogP contribution in [0, 0.1) is 19.8 Å². The molecule has 6 aromatic carbocycles. The molecule has 0 aliphatic rings. The molecule has 0 radical (unpaired) electrons. The molecular weight excluding hydrogens is 651 g/mol. The van der Waals surface area contributed by atoms with Gasteiger partial charge in [0.15, 0.2) is 0 Å². The first-order valence-electron chi connectivity index (χ1n) is 18.4. The third-order valence-electron chi connectivity index (χ3n) is 10.0. The van der Waals surface area contributed by atoms with Gasteiger partial charge < -0.3 is 14.4 Å². The summed E-state index contributed by atoms with van der Waals surface area (Å²) < 4.78 is 2.55. The molecule has 1 aromatic heterocycles. The van der Waals surface area contributed by atoms with E-state index in [1.165, 1.54) is 78.6 Å². The molecule has 7 aromatic rings. The van der Waals surface area contributed by atoms with Crippen molar-refractivity contribution in [2.24, 2.45) is 0 Å². The van der Waals surface area contributed by atoms with Gasteiger partial charge in [0.05, 0.1) is 44.9 Å². The minimum Gasteiger partial charge on any atom is -0.341 e. The van der Waals surface area contributed by atoms with Gasteiger partial charge in [-0.1, -0.05) is 65.7 Å². The zero-order chi connectivity index (χ0) is 36.0. The average Bonchev–Trinajstić information content (AvgIpc) is 3.51. The molecule has 7 rings (SSSR count). The molecule has 0 saturated heterocycles. The van der Waals surface area contributed by atoms with Crippen molar-refractivity contribution in [3.8, 4) is 11.3 Å². The first-order chi connectivity index (χ1) is 25.5. The zero-order valence-electron chi connectivity index (χ0n) is 31.0. The van der Waals surface area contributed by atoms with Gasteiger partial charge in [-0.05, 0) is 131 Å². The van der Waals surface area contributed by atoms with Gasteiger partial charge in [-0.3, -0.25) is 0 Å². The Kier molecular flexibility index (Phi) is 10.7. The molecule has 52 heavy (non-hydrogen) atoms. The van der Waals surface area contributed by atoms with E-state index in [2.05, 4.69) is 200 Å². The highest BCUT2D eigenvalue weighted by Gasteiger charge is 2.33. The first kappa shape index (κ1) is 35.1. The van der Waals surface area contributed by atoms with Crippen LogP contribution in [-0.4, -0.2) is 29.7 Å². The molecule has 4 heteroatoms. The molecule has 0 aliphatic heterocycles. The molecule has 260 valence electrons. The lowest BCUT2D eigenvalue weighted by molar-refractivity contribution is 0.813. The lowest BCUT2D eigenvalue weighted by Gasteiger charge is -2.24. The van der Waals surface area contributed by atoms with E-state index in [-0.39, 0.29) is 0 Å². The number of thioether (sulfide) groups is 1. The summed E-state index contributed by atoms with van der Waals surface area (Å²) in [5.41, 5.74) is 14.8. The summed E-state index contributed by atoms with van der Waals surface area (Å²) in [6, 6.07) is 56.0. The topological polar surface area (TPSA) is 11.4 Å². The second-order valence-corrected chi connectivity index (χ2v) is 14.4. The van der Waals surface area contributed by atoms with Crippen LogP contribution in [0.3, 0.4) is 0 Å². The summed E-state index contributed by atoms with van der Waals surface area (Å²) in [5.74, 6) is 2.28. The van der Waals surface area contributed by atoms with Gasteiger partial charge >= 0.3 is 0 Å². The van der Waals surface area contributed by atoms with Crippen molar-refractivity contribution in [1.82, 2.24) is 4.57 Å². The molecule has 0 bridgehead atoms. The Labute approximate surface area is 314 Å². The van der Waals surface area contributed by atoms with Crippen LogP contribution in [0.25, 0.3) is 22.2 Å². The van der Waals surface area contributed by atoms with Gasteiger partial charge in [-0.25, -0.2) is 0 Å². The number of aromatic nitrogens is 1. The van der Waals surface area contributed by atoms with Gasteiger partial charge in [0.1, 0.15) is 5.69 Å². The summed E-state index contributed by atoms with van der Waals surface area (Å²) in [6.07, 6.45) is 2.20. The Hall–Kier alpha value is -5.32. The summed E-state index contributed by atoms with van der Waals surface area (Å²) in [6.45, 7) is 11.4. The smallest absolute Gasteiger partial charge is 0.103 e. The molecule has 0 spiro atoms. The van der Waals surface area contributed by atoms with Crippen LogP contribution in [0.4, 0.5) is 22.7 Å². The van der Waals surface area contributed by atoms with E-state index < -0.39 is 0 Å². The van der Waals surface area contributed by atoms with Crippen LogP contribution in [0.2, 0.25) is 0 Å². The Morgan fingerprint density at radius 1 is 0.538 bits per heavy atom. The first-order valence-corrected chi connectivity index (χ1v) is 19.8. The Morgan fingerprint density at radius 3 is 1.44 bits per heavy atom. The van der Waals surface area contributed by atoms with E-state index in [0.29, 0.717) is 0 Å². The van der Waals surface area contributed by atoms with Gasteiger partial charge in [0.2, 0.25) is 0 Å². The number of rotatable bonds is 13. The second kappa shape index (κ2) is 15.9. The lowest BCUT2D eigenvalue weighted by Crippen LogP contribution is -2.16. The number of para-hydroxylation sites is 1. The summed E-state index contributed by atoms with van der Waals surface area (Å²) in [7, 11) is 0. The maximum Gasteiger partial charge on any atom is 0.103 e. The van der Waals surface area contributed by atoms with E-state index in [4.69, 9.17) is 0 Å². The van der Waals surface area contributed by atoms with Crippen LogP contribution >= 0.6 is 11.8 Å². The Balaban J connectivity index is 1.41. The van der Waals surface area contributed by atoms with Crippen molar-refractivity contribution in [3.63, 3.8) is 0 Å². The minimum atomic E-state index is 0.885. The van der Waals surface area contributed by atoms with Crippen molar-refractivity contribution in [3.05, 3.63) is 185 Å². The molecule has 0 saturated carbocycles. The SMILES string of the molecule is CCN(c1ccc(C)cc1)c1ccc([C+](c2ccc(N(CC)c3ccc(C)cc3)cc2)c2c(-c3ccccc3)n(CCSC)c3ccccc23)cc1. The maximum atomic E-state index is 2.55. The molecule has 0 N–H and O–H groups in total. The second-order valence-electron chi connectivity index (χ2n) is 13.4. The van der Waals surface area contributed by atoms with Gasteiger partial charge in [-0.15, -0.1) is 0 Å². The molecule has 1 heterocycles. The number of aryl methyl sites for hydroxylation is 3. The maximum absolute atomic E-state index is 2.55. The Bertz CT molecular complexity index is 2100. The standard InChI is InChI=1S/C48H48N3S/c1-6-49(40-25-17-35(3)18-26-40)42-29-21-37(22-30-42)46(38-23-31-43(32-24-38)50(7-2)41-27-19-36(4)20-28-41)47-44-15-11-12-16-45(44)51(33-34-52-5)48(47)39-13-9-8-10-14-39/h8-32H,6-7,33-34H2,1-5H3/q+1. The normalized spacial score (nSPS) is 11.2. The van der Waals surface area contributed by atoms with E-state index in [1.54, 1.807) is 0 Å². The molecule has 0 unspecified atom stereocenters. The number of nitrogens with zero attached hydrogens (tertiary/aromatic N) is 3. The average molecular weight is 699 g/mol. The van der Waals surface area contributed by atoms with Crippen LogP contribution in [0.5, 0.6) is 0 Å². The van der Waals surface area contributed by atoms with Crippen molar-refractivity contribution >= 4 is 45.4 Å². The number of hydrogen-bond donors (Lipinski definition) is 0. The molecular formula is C48H48N3S+. The molecule has 0 aliphatic carbocycles. The predicted octanol–water partition coefficient (Wildman–Crippen LogP) is 12.6. The third kappa shape index (κ3) is 7.09. The molecule has 0 fully saturated rings. The number of benzene rings is 6. The van der Waals surface area contributed by atoms with Crippen molar-refractivity contribution in [2.75, 3.05) is 34.9 Å². The Morgan fingerprint density at radius 2 is 0.981 bits per heavy atom. The number of anilines is 4. The summed E-state index contributed by atoms with van der Waals surface area (Å²) >= 11 is 1.89. The van der Waals surface area contributed by atoms with Crippen LogP contribution in [0.15, 0.2) is 152 Å². The molecule has 3 nitrogen and oxygen atoms in total. The molecule has 0 atom stereocenters. The fourth-order valence-electron chi connectivity index (χ4n) is 7.42.